The molecular formula is C15H19N3. The summed E-state index contributed by atoms with van der Waals surface area (Å²) in [5.74, 6) is 0.882. The van der Waals surface area contributed by atoms with E-state index in [-0.39, 0.29) is 0 Å². The van der Waals surface area contributed by atoms with Gasteiger partial charge in [-0.25, -0.2) is 0 Å². The Kier molecular flexibility index (Phi) is 2.42. The Morgan fingerprint density at radius 3 is 3.17 bits per heavy atom. The van der Waals surface area contributed by atoms with Crippen molar-refractivity contribution in [3.8, 4) is 0 Å². The third-order valence-corrected chi connectivity index (χ3v) is 4.51. The van der Waals surface area contributed by atoms with Crippen LogP contribution in [0.2, 0.25) is 0 Å². The van der Waals surface area contributed by atoms with Crippen molar-refractivity contribution < 1.29 is 0 Å². The van der Waals surface area contributed by atoms with E-state index in [1.165, 1.54) is 42.5 Å². The minimum Gasteiger partial charge on any atom is -0.361 e. The lowest BCUT2D eigenvalue weighted by Crippen LogP contribution is -2.29. The van der Waals surface area contributed by atoms with Crippen LogP contribution in [0.15, 0.2) is 30.5 Å². The first-order chi connectivity index (χ1) is 8.90. The first-order valence-corrected chi connectivity index (χ1v) is 6.91. The maximum absolute atomic E-state index is 3.62. The summed E-state index contributed by atoms with van der Waals surface area (Å²) >= 11 is 0. The van der Waals surface area contributed by atoms with Crippen molar-refractivity contribution in [3.05, 3.63) is 36.0 Å². The fraction of sp³-hybridized carbons (Fsp3) is 0.467. The predicted octanol–water partition coefficient (Wildman–Crippen LogP) is 1.96. The van der Waals surface area contributed by atoms with Crippen LogP contribution in [0, 0.1) is 5.92 Å². The Bertz CT molecular complexity index is 548. The van der Waals surface area contributed by atoms with Crippen LogP contribution in [-0.2, 0) is 6.54 Å². The van der Waals surface area contributed by atoms with Crippen LogP contribution in [0.3, 0.4) is 0 Å². The maximum atomic E-state index is 3.62. The van der Waals surface area contributed by atoms with Crippen molar-refractivity contribution in [1.29, 1.82) is 0 Å². The number of fused-ring (bicyclic) bond motifs is 2. The van der Waals surface area contributed by atoms with Crippen molar-refractivity contribution in [2.45, 2.75) is 19.0 Å². The summed E-state index contributed by atoms with van der Waals surface area (Å²) in [6, 6.07) is 9.49. The maximum Gasteiger partial charge on any atom is 0.0499 e. The molecule has 4 rings (SSSR count). The SMILES string of the molecule is c1cc(CN2C[C@@H]3CCN[C@@H]3C2)c2[nH]ccc2c1. The minimum atomic E-state index is 0.743. The number of nitrogens with one attached hydrogen (secondary N) is 2. The van der Waals surface area contributed by atoms with Gasteiger partial charge in [-0.2, -0.15) is 0 Å². The van der Waals surface area contributed by atoms with E-state index in [0.717, 1.165) is 18.5 Å². The molecule has 18 heavy (non-hydrogen) atoms. The molecule has 2 aliphatic heterocycles. The highest BCUT2D eigenvalue weighted by atomic mass is 15.2. The number of likely N-dealkylation sites (tertiary alicyclic amines) is 1. The number of hydrogen-bond acceptors (Lipinski definition) is 2. The second-order valence-electron chi connectivity index (χ2n) is 5.66. The molecule has 1 aromatic heterocycles. The second-order valence-corrected chi connectivity index (χ2v) is 5.66. The van der Waals surface area contributed by atoms with E-state index in [9.17, 15) is 0 Å². The number of para-hydroxylation sites is 1. The van der Waals surface area contributed by atoms with E-state index < -0.39 is 0 Å². The third kappa shape index (κ3) is 1.66. The number of hydrogen-bond donors (Lipinski definition) is 2. The van der Waals surface area contributed by atoms with Crippen LogP contribution in [0.4, 0.5) is 0 Å². The lowest BCUT2D eigenvalue weighted by molar-refractivity contribution is 0.307. The van der Waals surface area contributed by atoms with Gasteiger partial charge in [0.1, 0.15) is 0 Å². The third-order valence-electron chi connectivity index (χ3n) is 4.51. The zero-order valence-electron chi connectivity index (χ0n) is 10.5. The van der Waals surface area contributed by atoms with E-state index in [4.69, 9.17) is 0 Å². The number of benzene rings is 1. The first kappa shape index (κ1) is 10.6. The molecule has 0 radical (unpaired) electrons. The summed E-state index contributed by atoms with van der Waals surface area (Å²) in [5, 5.41) is 4.94. The monoisotopic (exact) mass is 241 g/mol. The molecule has 0 unspecified atom stereocenters. The van der Waals surface area contributed by atoms with Crippen molar-refractivity contribution in [2.75, 3.05) is 19.6 Å². The van der Waals surface area contributed by atoms with E-state index in [1.807, 2.05) is 6.20 Å². The molecule has 3 nitrogen and oxygen atoms in total. The molecule has 3 heteroatoms. The van der Waals surface area contributed by atoms with Gasteiger partial charge in [0.25, 0.3) is 0 Å². The molecule has 2 saturated heterocycles. The second kappa shape index (κ2) is 4.11. The van der Waals surface area contributed by atoms with E-state index in [1.54, 1.807) is 0 Å². The van der Waals surface area contributed by atoms with Crippen LogP contribution in [0.1, 0.15) is 12.0 Å². The highest BCUT2D eigenvalue weighted by Crippen LogP contribution is 2.27. The smallest absolute Gasteiger partial charge is 0.0499 e. The van der Waals surface area contributed by atoms with Gasteiger partial charge in [0, 0.05) is 37.4 Å². The van der Waals surface area contributed by atoms with Gasteiger partial charge in [-0.05, 0) is 35.9 Å². The summed E-state index contributed by atoms with van der Waals surface area (Å²) in [7, 11) is 0. The molecule has 1 aromatic carbocycles. The van der Waals surface area contributed by atoms with Crippen LogP contribution >= 0.6 is 0 Å². The molecule has 94 valence electrons. The Morgan fingerprint density at radius 2 is 2.22 bits per heavy atom. The Labute approximate surface area is 107 Å². The van der Waals surface area contributed by atoms with Crippen molar-refractivity contribution >= 4 is 10.9 Å². The summed E-state index contributed by atoms with van der Waals surface area (Å²) in [6.45, 7) is 4.76. The first-order valence-electron chi connectivity index (χ1n) is 6.91. The van der Waals surface area contributed by atoms with Gasteiger partial charge in [-0.1, -0.05) is 18.2 Å². The average Bonchev–Trinajstić information content (AvgIpc) is 3.01. The Balaban J connectivity index is 1.56. The Hall–Kier alpha value is -1.32. The van der Waals surface area contributed by atoms with Gasteiger partial charge >= 0.3 is 0 Å². The normalized spacial score (nSPS) is 28.0. The highest BCUT2D eigenvalue weighted by Gasteiger charge is 2.35. The fourth-order valence-electron chi connectivity index (χ4n) is 3.59. The topological polar surface area (TPSA) is 31.1 Å². The molecule has 0 saturated carbocycles. The lowest BCUT2D eigenvalue weighted by Gasteiger charge is -2.17. The number of nitrogens with zero attached hydrogens (tertiary/aromatic N) is 1. The van der Waals surface area contributed by atoms with Gasteiger partial charge in [-0.15, -0.1) is 0 Å². The summed E-state index contributed by atoms with van der Waals surface area (Å²) < 4.78 is 0. The molecule has 2 aromatic rings. The van der Waals surface area contributed by atoms with E-state index >= 15 is 0 Å². The van der Waals surface area contributed by atoms with Gasteiger partial charge in [0.2, 0.25) is 0 Å². The van der Waals surface area contributed by atoms with Crippen LogP contribution in [0.5, 0.6) is 0 Å². The molecule has 0 bridgehead atoms. The fourth-order valence-corrected chi connectivity index (χ4v) is 3.59. The molecule has 2 aliphatic rings. The van der Waals surface area contributed by atoms with Crippen LogP contribution < -0.4 is 5.32 Å². The molecule has 3 heterocycles. The minimum absolute atomic E-state index is 0.743. The molecular weight excluding hydrogens is 222 g/mol. The quantitative estimate of drug-likeness (QED) is 0.842. The van der Waals surface area contributed by atoms with Crippen LogP contribution in [-0.4, -0.2) is 35.6 Å². The van der Waals surface area contributed by atoms with Crippen molar-refractivity contribution in [1.82, 2.24) is 15.2 Å². The van der Waals surface area contributed by atoms with Crippen LogP contribution in [0.25, 0.3) is 10.9 Å². The zero-order valence-corrected chi connectivity index (χ0v) is 10.5. The summed E-state index contributed by atoms with van der Waals surface area (Å²) in [4.78, 5) is 5.96. The predicted molar refractivity (Wildman–Crippen MR) is 73.5 cm³/mol. The molecule has 2 N–H and O–H groups in total. The number of aromatic amines is 1. The largest absolute Gasteiger partial charge is 0.361 e. The number of rotatable bonds is 2. The number of aromatic nitrogens is 1. The standard InChI is InChI=1S/C15H19N3/c1-2-11-4-7-17-15(11)13(3-1)9-18-8-12-5-6-16-14(12)10-18/h1-4,7,12,14,16-17H,5-6,8-10H2/t12-,14+/m0/s1. The van der Waals surface area contributed by atoms with Gasteiger partial charge in [0.05, 0.1) is 0 Å². The Morgan fingerprint density at radius 1 is 1.22 bits per heavy atom. The van der Waals surface area contributed by atoms with Crippen molar-refractivity contribution in [3.63, 3.8) is 0 Å². The summed E-state index contributed by atoms with van der Waals surface area (Å²) in [5.41, 5.74) is 2.74. The lowest BCUT2D eigenvalue weighted by atomic mass is 10.1. The van der Waals surface area contributed by atoms with Gasteiger partial charge < -0.3 is 10.3 Å². The average molecular weight is 241 g/mol. The molecule has 2 atom stereocenters. The van der Waals surface area contributed by atoms with Gasteiger partial charge in [0.15, 0.2) is 0 Å². The van der Waals surface area contributed by atoms with Crippen molar-refractivity contribution in [2.24, 2.45) is 5.92 Å². The summed E-state index contributed by atoms with van der Waals surface area (Å²) in [6.07, 6.45) is 3.39. The van der Waals surface area contributed by atoms with Gasteiger partial charge in [-0.3, -0.25) is 4.90 Å². The molecule has 0 aliphatic carbocycles. The van der Waals surface area contributed by atoms with E-state index in [0.29, 0.717) is 0 Å². The highest BCUT2D eigenvalue weighted by molar-refractivity contribution is 5.82. The zero-order chi connectivity index (χ0) is 11.9. The number of H-pyrrole nitrogens is 1. The van der Waals surface area contributed by atoms with E-state index in [2.05, 4.69) is 39.5 Å². The molecule has 2 fully saturated rings. The molecule has 0 spiro atoms. The molecule has 0 amide bonds.